The van der Waals surface area contributed by atoms with Crippen LogP contribution in [0.15, 0.2) is 12.4 Å². The van der Waals surface area contributed by atoms with Crippen molar-refractivity contribution in [2.24, 2.45) is 11.7 Å². The van der Waals surface area contributed by atoms with Crippen LogP contribution in [-0.2, 0) is 6.42 Å². The van der Waals surface area contributed by atoms with Gasteiger partial charge in [0.15, 0.2) is 0 Å². The molecule has 0 radical (unpaired) electrons. The van der Waals surface area contributed by atoms with Crippen LogP contribution in [0.25, 0.3) is 6.08 Å². The van der Waals surface area contributed by atoms with E-state index < -0.39 is 0 Å². The summed E-state index contributed by atoms with van der Waals surface area (Å²) in [5, 5.41) is 7.00. The fourth-order valence-corrected chi connectivity index (χ4v) is 3.77. The van der Waals surface area contributed by atoms with Gasteiger partial charge in [0.1, 0.15) is 12.1 Å². The van der Waals surface area contributed by atoms with Crippen LogP contribution in [0.1, 0.15) is 64.6 Å². The number of aromatic nitrogens is 2. The molecular formula is C20H40N4O2. The van der Waals surface area contributed by atoms with Crippen molar-refractivity contribution in [3.8, 4) is 0 Å². The third kappa shape index (κ3) is 6.34. The minimum absolute atomic E-state index is 0. The van der Waals surface area contributed by atoms with Gasteiger partial charge in [0.2, 0.25) is 0 Å². The van der Waals surface area contributed by atoms with Crippen molar-refractivity contribution in [1.82, 2.24) is 9.97 Å². The number of hydrogen-bond donors (Lipinski definition) is 2. The van der Waals surface area contributed by atoms with Crippen molar-refractivity contribution in [3.05, 3.63) is 23.7 Å². The first kappa shape index (κ1) is 24.5. The lowest BCUT2D eigenvalue weighted by atomic mass is 9.84. The van der Waals surface area contributed by atoms with E-state index in [0.29, 0.717) is 6.04 Å². The third-order valence-corrected chi connectivity index (χ3v) is 5.29. The first-order valence-electron chi connectivity index (χ1n) is 9.55. The summed E-state index contributed by atoms with van der Waals surface area (Å²) in [6.45, 7) is 2.32. The maximum Gasteiger partial charge on any atom is 0.139 e. The Kier molecular flexibility index (Phi) is 12.9. The molecule has 1 aromatic rings. The van der Waals surface area contributed by atoms with Gasteiger partial charge in [-0.3, -0.25) is 0 Å². The highest BCUT2D eigenvalue weighted by Crippen LogP contribution is 2.33. The van der Waals surface area contributed by atoms with Crippen molar-refractivity contribution in [3.63, 3.8) is 0 Å². The molecule has 0 spiro atoms. The van der Waals surface area contributed by atoms with Crippen molar-refractivity contribution < 1.29 is 12.0 Å². The predicted octanol–water partition coefficient (Wildman–Crippen LogP) is 2.84. The van der Waals surface area contributed by atoms with Crippen LogP contribution in [0.5, 0.6) is 0 Å². The van der Waals surface area contributed by atoms with E-state index in [-0.39, 0.29) is 6.90 Å². The maximum absolute atomic E-state index is 7.00. The predicted molar refractivity (Wildman–Crippen MR) is 112 cm³/mol. The monoisotopic (exact) mass is 368 g/mol. The number of allylic oxidation sites excluding steroid dienone is 1. The molecule has 1 heterocycles. The topological polar surface area (TPSA) is 107 Å². The summed E-state index contributed by atoms with van der Waals surface area (Å²) in [5.41, 5.74) is 6.98. The zero-order chi connectivity index (χ0) is 18.7. The van der Waals surface area contributed by atoms with Crippen LogP contribution in [0.2, 0.25) is 0 Å². The molecule has 2 aliphatic rings. The van der Waals surface area contributed by atoms with E-state index in [0.717, 1.165) is 31.7 Å². The zero-order valence-electron chi connectivity index (χ0n) is 16.9. The zero-order valence-corrected chi connectivity index (χ0v) is 16.9. The van der Waals surface area contributed by atoms with Gasteiger partial charge in [-0.05, 0) is 57.9 Å². The highest BCUT2D eigenvalue weighted by Gasteiger charge is 2.25. The lowest BCUT2D eigenvalue weighted by Gasteiger charge is -2.35. The maximum atomic E-state index is 7.00. The van der Waals surface area contributed by atoms with Gasteiger partial charge in [-0.25, -0.2) is 9.97 Å². The molecule has 0 aromatic carbocycles. The average Bonchev–Trinajstić information content (AvgIpc) is 2.96. The molecule has 5 N–H and O–H groups in total. The Morgan fingerprint density at radius 3 is 2.46 bits per heavy atom. The Balaban J connectivity index is 0. The number of aliphatic hydroxyl groups excluding tert-OH is 1. The van der Waals surface area contributed by atoms with Gasteiger partial charge >= 0.3 is 0 Å². The minimum atomic E-state index is 0. The molecule has 1 aromatic heterocycles. The second-order valence-electron chi connectivity index (χ2n) is 6.55. The number of nitrogens with zero attached hydrogens (tertiary/aromatic N) is 3. The molecule has 3 rings (SSSR count). The number of nitrogens with two attached hydrogens (primary N) is 1. The molecule has 0 saturated heterocycles. The van der Waals surface area contributed by atoms with E-state index in [1.54, 1.807) is 6.33 Å². The van der Waals surface area contributed by atoms with E-state index >= 15 is 0 Å². The molecule has 0 amide bonds. The van der Waals surface area contributed by atoms with Crippen molar-refractivity contribution >= 4 is 11.9 Å². The summed E-state index contributed by atoms with van der Waals surface area (Å²) >= 11 is 0. The summed E-state index contributed by atoms with van der Waals surface area (Å²) in [6.07, 6.45) is 16.4. The lowest BCUT2D eigenvalue weighted by molar-refractivity contribution is 0.313. The third-order valence-electron chi connectivity index (χ3n) is 5.29. The fraction of sp³-hybridized carbons (Fsp3) is 0.700. The summed E-state index contributed by atoms with van der Waals surface area (Å²) in [4.78, 5) is 11.5. The molecule has 1 fully saturated rings. The van der Waals surface area contributed by atoms with E-state index in [2.05, 4.69) is 46.7 Å². The number of anilines is 1. The molecule has 6 nitrogen and oxygen atoms in total. The Labute approximate surface area is 160 Å². The Morgan fingerprint density at radius 1 is 1.19 bits per heavy atom. The van der Waals surface area contributed by atoms with Gasteiger partial charge < -0.3 is 21.2 Å². The molecule has 0 unspecified atom stereocenters. The highest BCUT2D eigenvalue weighted by molar-refractivity contribution is 5.66. The molecule has 152 valence electrons. The second kappa shape index (κ2) is 13.7. The number of fused-ring (bicyclic) bond motifs is 1. The van der Waals surface area contributed by atoms with Crippen LogP contribution in [0.4, 0.5) is 5.82 Å². The van der Waals surface area contributed by atoms with Crippen molar-refractivity contribution in [2.45, 2.75) is 64.3 Å². The number of rotatable bonds is 3. The van der Waals surface area contributed by atoms with Crippen LogP contribution >= 0.6 is 0 Å². The quantitative estimate of drug-likeness (QED) is 0.853. The summed E-state index contributed by atoms with van der Waals surface area (Å²) in [6, 6.07) is 0.642. The highest BCUT2D eigenvalue weighted by atomic mass is 16.2. The molecule has 2 aliphatic carbocycles. The van der Waals surface area contributed by atoms with E-state index in [4.69, 9.17) is 5.11 Å². The van der Waals surface area contributed by atoms with Gasteiger partial charge in [-0.15, -0.1) is 0 Å². The lowest BCUT2D eigenvalue weighted by Crippen LogP contribution is -2.36. The molecule has 0 aliphatic heterocycles. The SMILES string of the molecule is CCC1CCC(N(C)c2ncnc3c2C=CCCC3)CC1.CN.CO.O.[HH]. The van der Waals surface area contributed by atoms with Gasteiger partial charge in [-0.2, -0.15) is 0 Å². The van der Waals surface area contributed by atoms with Crippen molar-refractivity contribution in [1.29, 1.82) is 0 Å². The standard InChI is InChI=1S/C18H27N3.CH5N.CH4O.H2O.H2/c1-3-14-9-11-15(12-10-14)21(2)18-16-7-5-4-6-8-17(16)19-13-20-18;2*1-2;;/h5,7,13-15H,3-4,6,8-12H2,1-2H3;2H2,1H3;2H,1H3;1H2;1H. The van der Waals surface area contributed by atoms with E-state index in [1.165, 1.54) is 56.8 Å². The summed E-state index contributed by atoms with van der Waals surface area (Å²) < 4.78 is 0. The summed E-state index contributed by atoms with van der Waals surface area (Å²) in [7, 11) is 4.72. The van der Waals surface area contributed by atoms with Crippen molar-refractivity contribution in [2.75, 3.05) is 26.1 Å². The van der Waals surface area contributed by atoms with Crippen LogP contribution in [0, 0.1) is 5.92 Å². The fourth-order valence-electron chi connectivity index (χ4n) is 3.77. The van der Waals surface area contributed by atoms with Gasteiger partial charge in [0, 0.05) is 27.2 Å². The molecule has 1 saturated carbocycles. The van der Waals surface area contributed by atoms with Gasteiger partial charge in [-0.1, -0.05) is 25.5 Å². The number of hydrogen-bond acceptors (Lipinski definition) is 5. The van der Waals surface area contributed by atoms with Crippen LogP contribution in [-0.4, -0.2) is 47.8 Å². The Hall–Kier alpha value is -1.50. The molecule has 26 heavy (non-hydrogen) atoms. The molecular weight excluding hydrogens is 328 g/mol. The Morgan fingerprint density at radius 2 is 1.85 bits per heavy atom. The summed E-state index contributed by atoms with van der Waals surface area (Å²) in [5.74, 6) is 2.08. The van der Waals surface area contributed by atoms with Gasteiger partial charge in [0.05, 0.1) is 5.69 Å². The van der Waals surface area contributed by atoms with E-state index in [1.807, 2.05) is 0 Å². The van der Waals surface area contributed by atoms with E-state index in [9.17, 15) is 0 Å². The van der Waals surface area contributed by atoms with Crippen LogP contribution < -0.4 is 10.6 Å². The van der Waals surface area contributed by atoms with Crippen LogP contribution in [0.3, 0.4) is 0 Å². The smallest absolute Gasteiger partial charge is 0.139 e. The molecule has 0 atom stereocenters. The number of aliphatic hydroxyl groups is 1. The average molecular weight is 369 g/mol. The normalized spacial score (nSPS) is 20.8. The second-order valence-corrected chi connectivity index (χ2v) is 6.55. The molecule has 6 heteroatoms. The van der Waals surface area contributed by atoms with Gasteiger partial charge in [0.25, 0.3) is 0 Å². The first-order valence-corrected chi connectivity index (χ1v) is 9.55. The Bertz CT molecular complexity index is 521. The first-order chi connectivity index (χ1) is 12.3. The minimum Gasteiger partial charge on any atom is -0.412 e. The molecule has 0 bridgehead atoms. The number of aryl methyl sites for hydroxylation is 1. The largest absolute Gasteiger partial charge is 0.412 e.